The number of carbonyl (C=O) groups excluding carboxylic acids is 1. The quantitative estimate of drug-likeness (QED) is 0.298. The lowest BCUT2D eigenvalue weighted by Crippen LogP contribution is -2.41. The number of fused-ring (bicyclic) bond motifs is 1. The topological polar surface area (TPSA) is 75.9 Å². The lowest BCUT2D eigenvalue weighted by atomic mass is 9.93. The number of hydrogen-bond acceptors (Lipinski definition) is 6. The van der Waals surface area contributed by atoms with Crippen LogP contribution in [0.25, 0.3) is 16.9 Å². The highest BCUT2D eigenvalue weighted by atomic mass is 19.1. The van der Waals surface area contributed by atoms with E-state index in [4.69, 9.17) is 19.8 Å². The number of aryl methyl sites for hydroxylation is 1. The molecule has 1 fully saturated rings. The number of piperidine rings is 1. The maximum atomic E-state index is 13.4. The number of hydrogen-bond donors (Lipinski definition) is 0. The second kappa shape index (κ2) is 10.6. The molecular formula is C30H35FN6O2. The van der Waals surface area contributed by atoms with Crippen molar-refractivity contribution in [2.45, 2.75) is 58.5 Å². The minimum atomic E-state index is -0.505. The molecule has 0 bridgehead atoms. The summed E-state index contributed by atoms with van der Waals surface area (Å²) in [5.41, 5.74) is 3.79. The molecule has 39 heavy (non-hydrogen) atoms. The van der Waals surface area contributed by atoms with E-state index in [1.807, 2.05) is 67.6 Å². The largest absolute Gasteiger partial charge is 0.444 e. The zero-order chi connectivity index (χ0) is 27.7. The van der Waals surface area contributed by atoms with E-state index in [-0.39, 0.29) is 17.8 Å². The third-order valence-electron chi connectivity index (χ3n) is 6.98. The van der Waals surface area contributed by atoms with Gasteiger partial charge in [0.15, 0.2) is 11.5 Å². The van der Waals surface area contributed by atoms with Crippen LogP contribution in [0, 0.1) is 5.82 Å². The molecule has 5 rings (SSSR count). The summed E-state index contributed by atoms with van der Waals surface area (Å²) in [5.74, 6) is 1.57. The number of pyridine rings is 1. The number of amides is 1. The number of carbonyl (C=O) groups is 1. The second-order valence-electron chi connectivity index (χ2n) is 11.0. The van der Waals surface area contributed by atoms with Crippen molar-refractivity contribution in [2.75, 3.05) is 25.0 Å². The van der Waals surface area contributed by atoms with Gasteiger partial charge in [-0.15, -0.1) is 0 Å². The number of anilines is 2. The van der Waals surface area contributed by atoms with Crippen LogP contribution in [0.15, 0.2) is 54.6 Å². The molecule has 0 atom stereocenters. The summed E-state index contributed by atoms with van der Waals surface area (Å²) in [6.45, 7) is 9.00. The van der Waals surface area contributed by atoms with Gasteiger partial charge < -0.3 is 14.5 Å². The van der Waals surface area contributed by atoms with E-state index in [0.717, 1.165) is 59.2 Å². The third-order valence-corrected chi connectivity index (χ3v) is 6.98. The summed E-state index contributed by atoms with van der Waals surface area (Å²) in [6, 6.07) is 16.2. The van der Waals surface area contributed by atoms with Gasteiger partial charge >= 0.3 is 6.09 Å². The fourth-order valence-electron chi connectivity index (χ4n) is 4.96. The molecule has 0 radical (unpaired) electrons. The minimum Gasteiger partial charge on any atom is -0.444 e. The summed E-state index contributed by atoms with van der Waals surface area (Å²) in [6.07, 6.45) is 2.12. The molecule has 8 nitrogen and oxygen atoms in total. The fraction of sp³-hybridized carbons (Fsp3) is 0.400. The first kappa shape index (κ1) is 26.6. The van der Waals surface area contributed by atoms with Crippen molar-refractivity contribution in [1.82, 2.24) is 24.5 Å². The van der Waals surface area contributed by atoms with Gasteiger partial charge in [-0.3, -0.25) is 0 Å². The van der Waals surface area contributed by atoms with Gasteiger partial charge in [0.25, 0.3) is 0 Å². The molecule has 1 aromatic carbocycles. The van der Waals surface area contributed by atoms with Gasteiger partial charge in [0.05, 0.1) is 17.1 Å². The van der Waals surface area contributed by atoms with E-state index < -0.39 is 5.60 Å². The van der Waals surface area contributed by atoms with Crippen LogP contribution in [-0.4, -0.2) is 56.3 Å². The standard InChI is InChI=1S/C30H35FN6O2/c1-6-23-28(35(5)26-9-7-8-24(33-26)20-10-12-22(31)13-11-20)37-27(32-23)15-14-25(34-37)21-16-18-36(19-17-21)29(38)39-30(2,3)4/h7-15,21H,6,16-19H2,1-5H3. The molecule has 4 aromatic rings. The first-order valence-electron chi connectivity index (χ1n) is 13.5. The van der Waals surface area contributed by atoms with E-state index >= 15 is 0 Å². The highest BCUT2D eigenvalue weighted by Crippen LogP contribution is 2.32. The summed E-state index contributed by atoms with van der Waals surface area (Å²) in [4.78, 5) is 26.0. The van der Waals surface area contributed by atoms with Crippen LogP contribution in [0.3, 0.4) is 0 Å². The Morgan fingerprint density at radius 3 is 2.44 bits per heavy atom. The summed E-state index contributed by atoms with van der Waals surface area (Å²) < 4.78 is 20.9. The molecule has 0 spiro atoms. The second-order valence-corrected chi connectivity index (χ2v) is 11.0. The van der Waals surface area contributed by atoms with Gasteiger partial charge in [-0.1, -0.05) is 13.0 Å². The van der Waals surface area contributed by atoms with Crippen molar-refractivity contribution in [3.05, 3.63) is 71.8 Å². The number of nitrogens with zero attached hydrogens (tertiary/aromatic N) is 6. The van der Waals surface area contributed by atoms with Crippen molar-refractivity contribution in [3.63, 3.8) is 0 Å². The van der Waals surface area contributed by atoms with E-state index in [9.17, 15) is 9.18 Å². The molecule has 3 aromatic heterocycles. The molecule has 1 saturated heterocycles. The molecule has 9 heteroatoms. The van der Waals surface area contributed by atoms with Crippen LogP contribution < -0.4 is 4.90 Å². The molecule has 1 aliphatic heterocycles. The molecule has 1 aliphatic rings. The Bertz CT molecular complexity index is 1470. The van der Waals surface area contributed by atoms with Crippen LogP contribution in [0.1, 0.15) is 57.8 Å². The third kappa shape index (κ3) is 5.72. The average molecular weight is 531 g/mol. The molecule has 4 heterocycles. The predicted octanol–water partition coefficient (Wildman–Crippen LogP) is 6.38. The van der Waals surface area contributed by atoms with Crippen molar-refractivity contribution >= 4 is 23.4 Å². The summed E-state index contributed by atoms with van der Waals surface area (Å²) >= 11 is 0. The Morgan fingerprint density at radius 1 is 1.05 bits per heavy atom. The van der Waals surface area contributed by atoms with Crippen LogP contribution in [0.5, 0.6) is 0 Å². The van der Waals surface area contributed by atoms with Gasteiger partial charge in [0, 0.05) is 31.6 Å². The Kier molecular flexibility index (Phi) is 7.25. The van der Waals surface area contributed by atoms with Crippen LogP contribution >= 0.6 is 0 Å². The van der Waals surface area contributed by atoms with Crippen LogP contribution in [-0.2, 0) is 11.2 Å². The minimum absolute atomic E-state index is 0.235. The number of ether oxygens (including phenoxy) is 1. The molecule has 0 unspecified atom stereocenters. The monoisotopic (exact) mass is 530 g/mol. The molecule has 1 amide bonds. The highest BCUT2D eigenvalue weighted by molar-refractivity contribution is 5.68. The number of benzene rings is 1. The maximum Gasteiger partial charge on any atom is 0.410 e. The molecule has 0 N–H and O–H groups in total. The zero-order valence-electron chi connectivity index (χ0n) is 23.2. The number of imidazole rings is 1. The van der Waals surface area contributed by atoms with Crippen molar-refractivity contribution in [2.24, 2.45) is 0 Å². The Labute approximate surface area is 228 Å². The number of halogens is 1. The SMILES string of the molecule is CCc1nc2ccc(C3CCN(C(=O)OC(C)(C)C)CC3)nn2c1N(C)c1cccc(-c2ccc(F)cc2)n1. The first-order chi connectivity index (χ1) is 18.6. The Hall–Kier alpha value is -4.01. The van der Waals surface area contributed by atoms with Crippen molar-refractivity contribution in [3.8, 4) is 11.3 Å². The van der Waals surface area contributed by atoms with Gasteiger partial charge in [0.1, 0.15) is 17.2 Å². The fourth-order valence-corrected chi connectivity index (χ4v) is 4.96. The highest BCUT2D eigenvalue weighted by Gasteiger charge is 2.29. The van der Waals surface area contributed by atoms with Crippen LogP contribution in [0.4, 0.5) is 20.8 Å². The molecule has 204 valence electrons. The van der Waals surface area contributed by atoms with Gasteiger partial charge in [-0.2, -0.15) is 9.61 Å². The zero-order valence-corrected chi connectivity index (χ0v) is 23.2. The lowest BCUT2D eigenvalue weighted by molar-refractivity contribution is 0.0204. The van der Waals surface area contributed by atoms with Gasteiger partial charge in [-0.05, 0) is 88.6 Å². The van der Waals surface area contributed by atoms with E-state index in [1.165, 1.54) is 12.1 Å². The molecular weight excluding hydrogens is 495 g/mol. The van der Waals surface area contributed by atoms with E-state index in [1.54, 1.807) is 17.0 Å². The predicted molar refractivity (Wildman–Crippen MR) is 150 cm³/mol. The summed E-state index contributed by atoms with van der Waals surface area (Å²) in [7, 11) is 1.97. The summed E-state index contributed by atoms with van der Waals surface area (Å²) in [5, 5.41) is 5.04. The van der Waals surface area contributed by atoms with Crippen molar-refractivity contribution in [1.29, 1.82) is 0 Å². The van der Waals surface area contributed by atoms with Crippen molar-refractivity contribution < 1.29 is 13.9 Å². The lowest BCUT2D eigenvalue weighted by Gasteiger charge is -2.33. The van der Waals surface area contributed by atoms with E-state index in [2.05, 4.69) is 6.92 Å². The van der Waals surface area contributed by atoms with Gasteiger partial charge in [-0.25, -0.2) is 19.2 Å². The number of aromatic nitrogens is 4. The average Bonchev–Trinajstić information content (AvgIpc) is 3.30. The maximum absolute atomic E-state index is 13.4. The smallest absolute Gasteiger partial charge is 0.410 e. The number of likely N-dealkylation sites (tertiary alicyclic amines) is 1. The van der Waals surface area contributed by atoms with Gasteiger partial charge in [0.2, 0.25) is 0 Å². The Morgan fingerprint density at radius 2 is 1.77 bits per heavy atom. The normalized spacial score (nSPS) is 14.6. The Balaban J connectivity index is 1.41. The molecule has 0 saturated carbocycles. The van der Waals surface area contributed by atoms with E-state index in [0.29, 0.717) is 13.1 Å². The molecule has 0 aliphatic carbocycles. The first-order valence-corrected chi connectivity index (χ1v) is 13.5. The van der Waals surface area contributed by atoms with Crippen LogP contribution in [0.2, 0.25) is 0 Å². The number of rotatable bonds is 5.